The molecule has 0 radical (unpaired) electrons. The van der Waals surface area contributed by atoms with E-state index in [4.69, 9.17) is 15.2 Å². The lowest BCUT2D eigenvalue weighted by molar-refractivity contribution is 0.114. The maximum absolute atomic E-state index is 12.2. The smallest absolute Gasteiger partial charge is 0.411 e. The van der Waals surface area contributed by atoms with Crippen LogP contribution in [0.5, 0.6) is 5.75 Å². The molecule has 3 aromatic rings. The van der Waals surface area contributed by atoms with Gasteiger partial charge in [0.1, 0.15) is 11.9 Å². The Bertz CT molecular complexity index is 1080. The summed E-state index contributed by atoms with van der Waals surface area (Å²) in [6.45, 7) is 6.98. The molecule has 32 heavy (non-hydrogen) atoms. The predicted octanol–water partition coefficient (Wildman–Crippen LogP) is 6.75. The molecule has 3 N–H and O–H groups in total. The molecular formula is C26H33N3O3. The van der Waals surface area contributed by atoms with Crippen LogP contribution in [0.2, 0.25) is 0 Å². The van der Waals surface area contributed by atoms with Crippen molar-refractivity contribution in [2.45, 2.75) is 65.0 Å². The van der Waals surface area contributed by atoms with E-state index < -0.39 is 0 Å². The van der Waals surface area contributed by atoms with Gasteiger partial charge in [0.2, 0.25) is 0 Å². The van der Waals surface area contributed by atoms with Crippen LogP contribution < -0.4 is 15.8 Å². The van der Waals surface area contributed by atoms with Gasteiger partial charge in [-0.2, -0.15) is 0 Å². The summed E-state index contributed by atoms with van der Waals surface area (Å²) in [5.74, 6) is 0.842. The molecule has 1 aliphatic rings. The fourth-order valence-electron chi connectivity index (χ4n) is 4.52. The van der Waals surface area contributed by atoms with Crippen molar-refractivity contribution < 1.29 is 14.3 Å². The van der Waals surface area contributed by atoms with Gasteiger partial charge >= 0.3 is 6.09 Å². The Kier molecular flexibility index (Phi) is 6.58. The number of fused-ring (bicyclic) bond motifs is 1. The Morgan fingerprint density at radius 2 is 1.88 bits per heavy atom. The second kappa shape index (κ2) is 9.55. The molecule has 6 nitrogen and oxygen atoms in total. The Hall–Kier alpha value is -3.15. The summed E-state index contributed by atoms with van der Waals surface area (Å²) in [4.78, 5) is 12.2. The molecule has 0 saturated heterocycles. The topological polar surface area (TPSA) is 78.5 Å². The van der Waals surface area contributed by atoms with Crippen LogP contribution in [-0.4, -0.2) is 23.4 Å². The van der Waals surface area contributed by atoms with Crippen molar-refractivity contribution in [3.05, 3.63) is 42.5 Å². The quantitative estimate of drug-likeness (QED) is 0.430. The first kappa shape index (κ1) is 22.1. The molecule has 1 aliphatic carbocycles. The number of ether oxygens (including phenoxy) is 2. The fraction of sp³-hybridized carbons (Fsp3) is 0.423. The summed E-state index contributed by atoms with van der Waals surface area (Å²) in [6, 6.07) is 14.1. The maximum atomic E-state index is 12.2. The third-order valence-electron chi connectivity index (χ3n) is 6.34. The first-order valence-electron chi connectivity index (χ1n) is 11.7. The Labute approximate surface area is 189 Å². The number of hydrogen-bond acceptors (Lipinski definition) is 4. The molecule has 1 saturated carbocycles. The lowest BCUT2D eigenvalue weighted by Gasteiger charge is -2.18. The molecule has 2 aromatic carbocycles. The van der Waals surface area contributed by atoms with E-state index in [2.05, 4.69) is 29.8 Å². The molecule has 1 amide bonds. The minimum atomic E-state index is -0.388. The number of carbonyl (C=O) groups is 1. The molecular weight excluding hydrogens is 402 g/mol. The van der Waals surface area contributed by atoms with Gasteiger partial charge in [-0.3, -0.25) is 5.32 Å². The van der Waals surface area contributed by atoms with Crippen LogP contribution in [0.3, 0.4) is 0 Å². The number of nitrogens with two attached hydrogens (primary N) is 1. The SMILES string of the molecule is CCOc1ccc2c(N)c(-c3ccc(NC(=O)OC4CCCC4)cc3)n(C(C)CC)c2c1. The first-order chi connectivity index (χ1) is 15.5. The monoisotopic (exact) mass is 435 g/mol. The summed E-state index contributed by atoms with van der Waals surface area (Å²) >= 11 is 0. The van der Waals surface area contributed by atoms with Crippen LogP contribution in [0, 0.1) is 0 Å². The van der Waals surface area contributed by atoms with Crippen molar-refractivity contribution in [3.63, 3.8) is 0 Å². The number of amides is 1. The summed E-state index contributed by atoms with van der Waals surface area (Å²) < 4.78 is 13.5. The second-order valence-corrected chi connectivity index (χ2v) is 8.52. The number of nitrogens with zero attached hydrogens (tertiary/aromatic N) is 1. The van der Waals surface area contributed by atoms with Gasteiger partial charge in [-0.25, -0.2) is 4.79 Å². The number of nitrogens with one attached hydrogen (secondary N) is 1. The van der Waals surface area contributed by atoms with Crippen molar-refractivity contribution in [1.82, 2.24) is 4.57 Å². The van der Waals surface area contributed by atoms with Gasteiger partial charge in [-0.1, -0.05) is 19.1 Å². The molecule has 170 valence electrons. The number of hydrogen-bond donors (Lipinski definition) is 2. The molecule has 0 bridgehead atoms. The van der Waals surface area contributed by atoms with Crippen molar-refractivity contribution in [1.29, 1.82) is 0 Å². The predicted molar refractivity (Wildman–Crippen MR) is 130 cm³/mol. The average Bonchev–Trinajstić information content (AvgIpc) is 3.40. The average molecular weight is 436 g/mol. The van der Waals surface area contributed by atoms with Crippen LogP contribution in [0.1, 0.15) is 58.9 Å². The van der Waals surface area contributed by atoms with E-state index in [0.29, 0.717) is 12.3 Å². The van der Waals surface area contributed by atoms with Crippen molar-refractivity contribution >= 4 is 28.4 Å². The summed E-state index contributed by atoms with van der Waals surface area (Å²) in [7, 11) is 0. The first-order valence-corrected chi connectivity index (χ1v) is 11.7. The number of benzene rings is 2. The highest BCUT2D eigenvalue weighted by Crippen LogP contribution is 2.40. The zero-order valence-corrected chi connectivity index (χ0v) is 19.2. The van der Waals surface area contributed by atoms with E-state index in [9.17, 15) is 4.79 Å². The van der Waals surface area contributed by atoms with E-state index in [1.807, 2.05) is 43.3 Å². The van der Waals surface area contributed by atoms with Gasteiger partial charge in [-0.05, 0) is 70.2 Å². The lowest BCUT2D eigenvalue weighted by atomic mass is 10.1. The van der Waals surface area contributed by atoms with Crippen LogP contribution in [0.15, 0.2) is 42.5 Å². The molecule has 0 spiro atoms. The van der Waals surface area contributed by atoms with Gasteiger partial charge < -0.3 is 19.8 Å². The summed E-state index contributed by atoms with van der Waals surface area (Å²) in [5.41, 5.74) is 11.2. The third kappa shape index (κ3) is 4.40. The van der Waals surface area contributed by atoms with Gasteiger partial charge in [0.05, 0.1) is 23.5 Å². The number of anilines is 2. The molecule has 1 unspecified atom stereocenters. The highest BCUT2D eigenvalue weighted by molar-refractivity contribution is 6.01. The minimum Gasteiger partial charge on any atom is -0.494 e. The molecule has 0 aliphatic heterocycles. The van der Waals surface area contributed by atoms with Crippen LogP contribution in [0.4, 0.5) is 16.2 Å². The van der Waals surface area contributed by atoms with E-state index >= 15 is 0 Å². The zero-order valence-electron chi connectivity index (χ0n) is 19.2. The second-order valence-electron chi connectivity index (χ2n) is 8.52. The van der Waals surface area contributed by atoms with Crippen molar-refractivity contribution in [2.24, 2.45) is 0 Å². The van der Waals surface area contributed by atoms with E-state index in [1.54, 1.807) is 0 Å². The molecule has 6 heteroatoms. The highest BCUT2D eigenvalue weighted by Gasteiger charge is 2.21. The van der Waals surface area contributed by atoms with E-state index in [0.717, 1.165) is 65.7 Å². The molecule has 4 rings (SSSR count). The van der Waals surface area contributed by atoms with Gasteiger partial charge in [0.25, 0.3) is 0 Å². The van der Waals surface area contributed by atoms with Crippen molar-refractivity contribution in [2.75, 3.05) is 17.7 Å². The highest BCUT2D eigenvalue weighted by atomic mass is 16.6. The zero-order chi connectivity index (χ0) is 22.7. The van der Waals surface area contributed by atoms with Gasteiger partial charge in [0.15, 0.2) is 0 Å². The Balaban J connectivity index is 1.64. The molecule has 1 fully saturated rings. The van der Waals surface area contributed by atoms with Crippen LogP contribution >= 0.6 is 0 Å². The number of carbonyl (C=O) groups excluding carboxylic acids is 1. The van der Waals surface area contributed by atoms with Crippen LogP contribution in [0.25, 0.3) is 22.2 Å². The van der Waals surface area contributed by atoms with E-state index in [-0.39, 0.29) is 18.2 Å². The van der Waals surface area contributed by atoms with Gasteiger partial charge in [0, 0.05) is 28.7 Å². The van der Waals surface area contributed by atoms with Crippen LogP contribution in [-0.2, 0) is 4.74 Å². The molecule has 1 aromatic heterocycles. The Morgan fingerprint density at radius 1 is 1.16 bits per heavy atom. The summed E-state index contributed by atoms with van der Waals surface area (Å²) in [5, 5.41) is 3.86. The third-order valence-corrected chi connectivity index (χ3v) is 6.34. The van der Waals surface area contributed by atoms with Gasteiger partial charge in [-0.15, -0.1) is 0 Å². The molecule has 1 heterocycles. The van der Waals surface area contributed by atoms with E-state index in [1.165, 1.54) is 0 Å². The largest absolute Gasteiger partial charge is 0.494 e. The lowest BCUT2D eigenvalue weighted by Crippen LogP contribution is -2.20. The maximum Gasteiger partial charge on any atom is 0.411 e. The number of nitrogen functional groups attached to an aromatic ring is 1. The van der Waals surface area contributed by atoms with Crippen molar-refractivity contribution in [3.8, 4) is 17.0 Å². The number of aromatic nitrogens is 1. The normalized spacial score (nSPS) is 15.1. The Morgan fingerprint density at radius 3 is 2.53 bits per heavy atom. The minimum absolute atomic E-state index is 0.0434. The fourth-order valence-corrected chi connectivity index (χ4v) is 4.52. The molecule has 1 atom stereocenters. The standard InChI is InChI=1S/C26H33N3O3/c1-4-17(3)29-23-16-21(31-5-2)14-15-22(23)24(27)25(29)18-10-12-19(13-11-18)28-26(30)32-20-8-6-7-9-20/h10-17,20H,4-9,27H2,1-3H3,(H,28,30). The number of rotatable bonds is 7. The summed E-state index contributed by atoms with van der Waals surface area (Å²) in [6.07, 6.45) is 4.80.